The molecule has 0 atom stereocenters. The summed E-state index contributed by atoms with van der Waals surface area (Å²) >= 11 is 1.18. The Hall–Kier alpha value is -1.31. The van der Waals surface area contributed by atoms with Gasteiger partial charge in [-0.05, 0) is 43.7 Å². The van der Waals surface area contributed by atoms with Crippen LogP contribution >= 0.6 is 12.0 Å². The highest BCUT2D eigenvalue weighted by molar-refractivity contribution is 7.95. The van der Waals surface area contributed by atoms with Crippen LogP contribution in [0, 0.1) is 11.8 Å². The van der Waals surface area contributed by atoms with Crippen molar-refractivity contribution in [2.45, 2.75) is 50.3 Å². The number of hydrogen-bond donors (Lipinski definition) is 0. The lowest BCUT2D eigenvalue weighted by molar-refractivity contribution is -0.138. The van der Waals surface area contributed by atoms with E-state index in [4.69, 9.17) is 4.18 Å². The summed E-state index contributed by atoms with van der Waals surface area (Å²) in [5.74, 6) is 0.906. The minimum absolute atomic E-state index is 0. The van der Waals surface area contributed by atoms with Crippen LogP contribution in [0.3, 0.4) is 0 Å². The molecule has 1 fully saturated rings. The molecule has 0 unspecified atom stereocenters. The molecule has 0 aromatic heterocycles. The van der Waals surface area contributed by atoms with Crippen molar-refractivity contribution in [1.29, 1.82) is 0 Å². The first-order valence-electron chi connectivity index (χ1n) is 7.23. The fourth-order valence-electron chi connectivity index (χ4n) is 2.73. The minimum Gasteiger partial charge on any atom is -0.386 e. The minimum atomic E-state index is -0.0381. The van der Waals surface area contributed by atoms with Crippen LogP contribution in [-0.4, -0.2) is 5.97 Å². The Morgan fingerprint density at radius 1 is 1.00 bits per heavy atom. The predicted molar refractivity (Wildman–Crippen MR) is 91.3 cm³/mol. The fourth-order valence-corrected chi connectivity index (χ4v) is 3.31. The fraction of sp³-hybridized carbons (Fsp3) is 0.562. The number of carbonyl (C=O) groups is 1. The zero-order valence-corrected chi connectivity index (χ0v) is 14.4. The van der Waals surface area contributed by atoms with E-state index in [9.17, 15) is 4.79 Å². The Balaban J connectivity index is -0.000000400. The Morgan fingerprint density at radius 2 is 1.54 bits per heavy atom. The van der Waals surface area contributed by atoms with Crippen molar-refractivity contribution in [3.05, 3.63) is 30.3 Å². The van der Waals surface area contributed by atoms with E-state index in [1.165, 1.54) is 37.7 Å². The molecule has 1 aliphatic rings. The molecule has 2 rings (SSSR count). The van der Waals surface area contributed by atoms with E-state index in [-0.39, 0.29) is 35.4 Å². The molecule has 0 aliphatic heterocycles. The van der Waals surface area contributed by atoms with E-state index in [0.717, 1.165) is 23.7 Å². The first-order valence-corrected chi connectivity index (χ1v) is 7.97. The summed E-state index contributed by atoms with van der Waals surface area (Å²) in [5.41, 5.74) is 0. The predicted octanol–water partition coefficient (Wildman–Crippen LogP) is 5.61. The smallest absolute Gasteiger partial charge is 0.321 e. The van der Waals surface area contributed by atoms with E-state index < -0.39 is 0 Å². The standard InChI is InChI=1S/C16H22O2S.5FH/c1-2-6-13-9-11-14(12-10-13)16(17)18-19-15-7-4-3-5-8-15;;;;;/h3-5,7-8,13-14H,2,6,9-12H2,1H3;5*1H. The van der Waals surface area contributed by atoms with Gasteiger partial charge < -0.3 is 4.18 Å². The molecule has 1 saturated carbocycles. The lowest BCUT2D eigenvalue weighted by Gasteiger charge is -2.26. The van der Waals surface area contributed by atoms with Gasteiger partial charge in [0.1, 0.15) is 0 Å². The second kappa shape index (κ2) is 16.5. The third kappa shape index (κ3) is 9.75. The molecule has 1 aromatic carbocycles. The molecule has 144 valence electrons. The third-order valence-electron chi connectivity index (χ3n) is 3.84. The summed E-state index contributed by atoms with van der Waals surface area (Å²) in [4.78, 5) is 13.0. The number of rotatable bonds is 5. The third-order valence-corrected chi connectivity index (χ3v) is 4.55. The van der Waals surface area contributed by atoms with Crippen LogP contribution in [0.15, 0.2) is 35.2 Å². The SMILES string of the molecule is CCCC1CCC(C(=O)OSc2ccccc2)CC1.F.F.F.F.F. The topological polar surface area (TPSA) is 26.3 Å². The zero-order chi connectivity index (χ0) is 13.5. The van der Waals surface area contributed by atoms with E-state index in [1.54, 1.807) is 0 Å². The number of benzene rings is 1. The summed E-state index contributed by atoms with van der Waals surface area (Å²) in [7, 11) is 0. The van der Waals surface area contributed by atoms with Crippen LogP contribution in [-0.2, 0) is 8.98 Å². The van der Waals surface area contributed by atoms with Crippen LogP contribution < -0.4 is 0 Å². The summed E-state index contributed by atoms with van der Waals surface area (Å²) < 4.78 is 5.34. The lowest BCUT2D eigenvalue weighted by Crippen LogP contribution is -2.22. The quantitative estimate of drug-likeness (QED) is 0.492. The summed E-state index contributed by atoms with van der Waals surface area (Å²) in [6.45, 7) is 2.23. The second-order valence-corrected chi connectivity index (χ2v) is 6.11. The van der Waals surface area contributed by atoms with Crippen molar-refractivity contribution in [2.75, 3.05) is 0 Å². The molecule has 0 radical (unpaired) electrons. The Kier molecular flexibility index (Phi) is 21.1. The molecule has 8 heteroatoms. The molecule has 0 bridgehead atoms. The molecule has 2 nitrogen and oxygen atoms in total. The van der Waals surface area contributed by atoms with Gasteiger partial charge in [-0.1, -0.05) is 38.0 Å². The molecule has 0 saturated heterocycles. The van der Waals surface area contributed by atoms with E-state index >= 15 is 0 Å². The maximum absolute atomic E-state index is 12.0. The van der Waals surface area contributed by atoms with E-state index in [1.807, 2.05) is 30.3 Å². The van der Waals surface area contributed by atoms with Gasteiger partial charge in [0, 0.05) is 4.90 Å². The lowest BCUT2D eigenvalue weighted by atomic mass is 9.80. The van der Waals surface area contributed by atoms with Crippen LogP contribution in [0.1, 0.15) is 45.4 Å². The van der Waals surface area contributed by atoms with Crippen LogP contribution in [0.2, 0.25) is 0 Å². The van der Waals surface area contributed by atoms with Gasteiger partial charge in [-0.25, -0.2) is 0 Å². The van der Waals surface area contributed by atoms with Crippen molar-refractivity contribution < 1.29 is 32.5 Å². The molecular formula is C16H27F5O2S. The summed E-state index contributed by atoms with van der Waals surface area (Å²) in [5, 5.41) is 0. The van der Waals surface area contributed by atoms with Gasteiger partial charge in [-0.15, -0.1) is 0 Å². The van der Waals surface area contributed by atoms with Crippen LogP contribution in [0.4, 0.5) is 23.5 Å². The first-order chi connectivity index (χ1) is 9.29. The molecule has 24 heavy (non-hydrogen) atoms. The second-order valence-electron chi connectivity index (χ2n) is 5.31. The van der Waals surface area contributed by atoms with Gasteiger partial charge in [0.25, 0.3) is 0 Å². The molecular weight excluding hydrogens is 351 g/mol. The molecule has 0 N–H and O–H groups in total. The van der Waals surface area contributed by atoms with Gasteiger partial charge in [0.2, 0.25) is 0 Å². The highest BCUT2D eigenvalue weighted by Gasteiger charge is 2.27. The molecule has 0 heterocycles. The molecule has 0 amide bonds. The molecule has 1 aliphatic carbocycles. The van der Waals surface area contributed by atoms with Crippen LogP contribution in [0.25, 0.3) is 0 Å². The number of carbonyl (C=O) groups excluding carboxylic acids is 1. The normalized spacial score (nSPS) is 18.2. The maximum atomic E-state index is 12.0. The average molecular weight is 378 g/mol. The number of halogens is 5. The van der Waals surface area contributed by atoms with E-state index in [2.05, 4.69) is 6.92 Å². The van der Waals surface area contributed by atoms with E-state index in [0.29, 0.717) is 0 Å². The van der Waals surface area contributed by atoms with Crippen molar-refractivity contribution >= 4 is 18.0 Å². The highest BCUT2D eigenvalue weighted by Crippen LogP contribution is 2.33. The Bertz CT molecular complexity index is 401. The van der Waals surface area contributed by atoms with Crippen LogP contribution in [0.5, 0.6) is 0 Å². The van der Waals surface area contributed by atoms with Crippen molar-refractivity contribution in [1.82, 2.24) is 0 Å². The molecule has 0 spiro atoms. The van der Waals surface area contributed by atoms with Gasteiger partial charge in [0.05, 0.1) is 18.0 Å². The highest BCUT2D eigenvalue weighted by atomic mass is 32.2. The monoisotopic (exact) mass is 378 g/mol. The average Bonchev–Trinajstić information content (AvgIpc) is 2.47. The summed E-state index contributed by atoms with van der Waals surface area (Å²) in [6, 6.07) is 9.77. The van der Waals surface area contributed by atoms with Gasteiger partial charge in [-0.3, -0.25) is 28.3 Å². The molecule has 1 aromatic rings. The van der Waals surface area contributed by atoms with Crippen molar-refractivity contribution in [3.63, 3.8) is 0 Å². The van der Waals surface area contributed by atoms with Gasteiger partial charge in [-0.2, -0.15) is 0 Å². The Morgan fingerprint density at radius 3 is 2.04 bits per heavy atom. The largest absolute Gasteiger partial charge is 0.386 e. The maximum Gasteiger partial charge on any atom is 0.321 e. The van der Waals surface area contributed by atoms with Crippen molar-refractivity contribution in [3.8, 4) is 0 Å². The number of hydrogen-bond acceptors (Lipinski definition) is 3. The first kappa shape index (κ1) is 30.6. The summed E-state index contributed by atoms with van der Waals surface area (Å²) in [6.07, 6.45) is 6.93. The van der Waals surface area contributed by atoms with Gasteiger partial charge >= 0.3 is 5.97 Å². The zero-order valence-electron chi connectivity index (χ0n) is 13.6. The Labute approximate surface area is 143 Å². The van der Waals surface area contributed by atoms with Gasteiger partial charge in [0.15, 0.2) is 0 Å². The van der Waals surface area contributed by atoms with Crippen molar-refractivity contribution in [2.24, 2.45) is 11.8 Å².